The summed E-state index contributed by atoms with van der Waals surface area (Å²) in [7, 11) is 0. The van der Waals surface area contributed by atoms with Gasteiger partial charge in [-0.25, -0.2) is 0 Å². The number of ether oxygens (including phenoxy) is 2. The number of carbonyl (C=O) groups excluding carboxylic acids is 1. The van der Waals surface area contributed by atoms with Gasteiger partial charge in [-0.15, -0.1) is 0 Å². The van der Waals surface area contributed by atoms with Crippen molar-refractivity contribution in [2.45, 2.75) is 39.0 Å². The molecule has 2 atom stereocenters. The van der Waals surface area contributed by atoms with E-state index in [0.29, 0.717) is 6.41 Å². The highest BCUT2D eigenvalue weighted by Crippen LogP contribution is 2.10. The summed E-state index contributed by atoms with van der Waals surface area (Å²) >= 11 is 0. The van der Waals surface area contributed by atoms with Gasteiger partial charge < -0.3 is 25.0 Å². The maximum absolute atomic E-state index is 10.1. The van der Waals surface area contributed by atoms with Crippen LogP contribution >= 0.6 is 0 Å². The third kappa shape index (κ3) is 8.31. The Morgan fingerprint density at radius 3 is 2.53 bits per heavy atom. The van der Waals surface area contributed by atoms with Crippen molar-refractivity contribution in [2.75, 3.05) is 13.2 Å². The number of aliphatic hydroxyl groups excluding tert-OH is 2. The number of nitrogens with one attached hydrogen (secondary N) is 1. The molecule has 0 radical (unpaired) electrons. The fraction of sp³-hybridized carbons (Fsp3) is 0.889. The summed E-state index contributed by atoms with van der Waals surface area (Å²) in [6.07, 6.45) is -0.117. The first-order valence-corrected chi connectivity index (χ1v) is 4.70. The van der Waals surface area contributed by atoms with E-state index in [4.69, 9.17) is 14.6 Å². The van der Waals surface area contributed by atoms with Crippen LogP contribution in [0.25, 0.3) is 0 Å². The highest BCUT2D eigenvalue weighted by molar-refractivity contribution is 5.45. The minimum Gasteiger partial charge on any atom is -0.391 e. The first-order valence-electron chi connectivity index (χ1n) is 4.70. The predicted octanol–water partition coefficient (Wildman–Crippen LogP) is -0.799. The van der Waals surface area contributed by atoms with Gasteiger partial charge in [0.1, 0.15) is 0 Å². The second-order valence-corrected chi connectivity index (χ2v) is 3.87. The Balaban J connectivity index is 3.81. The molecule has 0 heterocycles. The predicted molar refractivity (Wildman–Crippen MR) is 52.9 cm³/mol. The molecule has 0 saturated heterocycles. The van der Waals surface area contributed by atoms with Gasteiger partial charge in [0.05, 0.1) is 18.3 Å². The molecule has 0 fully saturated rings. The van der Waals surface area contributed by atoms with E-state index >= 15 is 0 Å². The van der Waals surface area contributed by atoms with Crippen molar-refractivity contribution in [1.29, 1.82) is 0 Å². The van der Waals surface area contributed by atoms with Crippen molar-refractivity contribution in [3.63, 3.8) is 0 Å². The van der Waals surface area contributed by atoms with Crippen molar-refractivity contribution in [2.24, 2.45) is 0 Å². The van der Waals surface area contributed by atoms with Gasteiger partial charge in [0.15, 0.2) is 0 Å². The third-order valence-corrected chi connectivity index (χ3v) is 1.51. The van der Waals surface area contributed by atoms with E-state index in [-0.39, 0.29) is 13.2 Å². The Bertz CT molecular complexity index is 183. The minimum atomic E-state index is -1.41. The van der Waals surface area contributed by atoms with Crippen LogP contribution in [-0.2, 0) is 14.3 Å². The number of carbonyl (C=O) groups is 1. The second kappa shape index (κ2) is 6.73. The van der Waals surface area contributed by atoms with Crippen molar-refractivity contribution in [1.82, 2.24) is 5.32 Å². The van der Waals surface area contributed by atoms with Crippen LogP contribution in [0.1, 0.15) is 20.8 Å². The lowest BCUT2D eigenvalue weighted by Gasteiger charge is -2.27. The van der Waals surface area contributed by atoms with Crippen molar-refractivity contribution < 1.29 is 24.5 Å². The average Bonchev–Trinajstić information content (AvgIpc) is 2.11. The molecule has 0 aromatic rings. The van der Waals surface area contributed by atoms with E-state index in [1.54, 1.807) is 13.8 Å². The summed E-state index contributed by atoms with van der Waals surface area (Å²) in [6.45, 7) is 3.75. The van der Waals surface area contributed by atoms with Crippen LogP contribution in [0.15, 0.2) is 0 Å². The fourth-order valence-electron chi connectivity index (χ4n) is 0.858. The molecule has 0 aromatic heterocycles. The smallest absolute Gasteiger partial charge is 0.269 e. The summed E-state index contributed by atoms with van der Waals surface area (Å²) in [4.78, 5) is 10.1. The monoisotopic (exact) mass is 221 g/mol. The molecule has 0 aromatic carbocycles. The summed E-state index contributed by atoms with van der Waals surface area (Å²) in [5.41, 5.74) is -0.737. The van der Waals surface area contributed by atoms with Crippen LogP contribution in [0.5, 0.6) is 0 Å². The Kier molecular flexibility index (Phi) is 6.42. The third-order valence-electron chi connectivity index (χ3n) is 1.51. The Labute approximate surface area is 89.2 Å². The number of amides is 1. The molecule has 0 aliphatic carbocycles. The zero-order valence-corrected chi connectivity index (χ0v) is 9.27. The second-order valence-electron chi connectivity index (χ2n) is 3.87. The van der Waals surface area contributed by atoms with Crippen molar-refractivity contribution in [3.8, 4) is 0 Å². The molecule has 0 aliphatic rings. The highest BCUT2D eigenvalue weighted by atomic mass is 16.8. The molecule has 90 valence electrons. The molecule has 0 bridgehead atoms. The number of aliphatic hydroxyl groups is 2. The van der Waals surface area contributed by atoms with Gasteiger partial charge in [0, 0.05) is 6.54 Å². The maximum Gasteiger partial charge on any atom is 0.269 e. The Hall–Kier alpha value is -0.690. The summed E-state index contributed by atoms with van der Waals surface area (Å²) in [5, 5.41) is 20.6. The molecule has 6 heteroatoms. The van der Waals surface area contributed by atoms with E-state index in [1.807, 2.05) is 0 Å². The molecule has 0 aliphatic heterocycles. The van der Waals surface area contributed by atoms with Gasteiger partial charge in [-0.05, 0) is 20.8 Å². The van der Waals surface area contributed by atoms with Crippen molar-refractivity contribution >= 4 is 6.41 Å². The standard InChI is InChI=1S/C9H19NO5/c1-7(12)4-14-8(13)15-9(2,3)5-10-6-11/h6-8,12-13H,4-5H2,1-3H3,(H,10,11). The SMILES string of the molecule is CC(O)COC(O)OC(C)(C)CNC=O. The van der Waals surface area contributed by atoms with Crippen LogP contribution in [0, 0.1) is 0 Å². The molecule has 0 saturated carbocycles. The van der Waals surface area contributed by atoms with E-state index in [2.05, 4.69) is 5.32 Å². The topological polar surface area (TPSA) is 88.0 Å². The molecule has 0 rings (SSSR count). The zero-order chi connectivity index (χ0) is 11.9. The summed E-state index contributed by atoms with van der Waals surface area (Å²) in [5.74, 6) is 0. The molecule has 2 unspecified atom stereocenters. The molecular formula is C9H19NO5. The number of hydrogen-bond donors (Lipinski definition) is 3. The molecular weight excluding hydrogens is 202 g/mol. The molecule has 0 spiro atoms. The largest absolute Gasteiger partial charge is 0.391 e. The quantitative estimate of drug-likeness (QED) is 0.369. The summed E-state index contributed by atoms with van der Waals surface area (Å²) in [6, 6.07) is 0. The first kappa shape index (κ1) is 14.3. The maximum atomic E-state index is 10.1. The summed E-state index contributed by atoms with van der Waals surface area (Å²) < 4.78 is 9.88. The van der Waals surface area contributed by atoms with Gasteiger partial charge in [0.2, 0.25) is 6.41 Å². The van der Waals surface area contributed by atoms with Crippen LogP contribution in [0.3, 0.4) is 0 Å². The molecule has 3 N–H and O–H groups in total. The Morgan fingerprint density at radius 1 is 1.47 bits per heavy atom. The molecule has 6 nitrogen and oxygen atoms in total. The van der Waals surface area contributed by atoms with Gasteiger partial charge >= 0.3 is 0 Å². The number of rotatable bonds is 8. The fourth-order valence-corrected chi connectivity index (χ4v) is 0.858. The average molecular weight is 221 g/mol. The van der Waals surface area contributed by atoms with E-state index in [9.17, 15) is 9.90 Å². The lowest BCUT2D eigenvalue weighted by molar-refractivity contribution is -0.304. The highest BCUT2D eigenvalue weighted by Gasteiger charge is 2.22. The van der Waals surface area contributed by atoms with Gasteiger partial charge in [0.25, 0.3) is 6.48 Å². The van der Waals surface area contributed by atoms with E-state index in [0.717, 1.165) is 0 Å². The van der Waals surface area contributed by atoms with E-state index in [1.165, 1.54) is 6.92 Å². The molecule has 1 amide bonds. The first-order chi connectivity index (χ1) is 6.87. The minimum absolute atomic E-state index is 0.0155. The van der Waals surface area contributed by atoms with Crippen LogP contribution in [0.4, 0.5) is 0 Å². The zero-order valence-electron chi connectivity index (χ0n) is 9.27. The molecule has 15 heavy (non-hydrogen) atoms. The lowest BCUT2D eigenvalue weighted by atomic mass is 10.1. The number of hydrogen-bond acceptors (Lipinski definition) is 5. The van der Waals surface area contributed by atoms with Gasteiger partial charge in [-0.3, -0.25) is 4.79 Å². The van der Waals surface area contributed by atoms with Gasteiger partial charge in [-0.2, -0.15) is 0 Å². The normalized spacial score (nSPS) is 15.8. The van der Waals surface area contributed by atoms with Crippen LogP contribution in [0.2, 0.25) is 0 Å². The van der Waals surface area contributed by atoms with Crippen molar-refractivity contribution in [3.05, 3.63) is 0 Å². The lowest BCUT2D eigenvalue weighted by Crippen LogP contribution is -2.41. The van der Waals surface area contributed by atoms with Gasteiger partial charge in [-0.1, -0.05) is 0 Å². The van der Waals surface area contributed by atoms with Crippen LogP contribution in [-0.4, -0.2) is 48.0 Å². The van der Waals surface area contributed by atoms with Crippen LogP contribution < -0.4 is 5.32 Å². The Morgan fingerprint density at radius 2 is 2.07 bits per heavy atom. The van der Waals surface area contributed by atoms with E-state index < -0.39 is 18.2 Å².